The van der Waals surface area contributed by atoms with Crippen molar-refractivity contribution >= 4 is 17.2 Å². The number of hydrogen-bond donors (Lipinski definition) is 0. The molecule has 0 aliphatic rings. The van der Waals surface area contributed by atoms with Crippen LogP contribution in [0, 0.1) is 11.6 Å². The molecule has 3 rings (SSSR count). The summed E-state index contributed by atoms with van der Waals surface area (Å²) in [6.07, 6.45) is 5.01. The van der Waals surface area contributed by atoms with Crippen molar-refractivity contribution in [3.05, 3.63) is 58.9 Å². The third-order valence-corrected chi connectivity index (χ3v) is 4.45. The Morgan fingerprint density at radius 1 is 1.29 bits per heavy atom. The molecule has 2 heterocycles. The lowest BCUT2D eigenvalue weighted by atomic mass is 10.2. The van der Waals surface area contributed by atoms with Gasteiger partial charge in [-0.15, -0.1) is 11.3 Å². The highest BCUT2D eigenvalue weighted by Gasteiger charge is 2.17. The fraction of sp³-hybridized carbons (Fsp3) is 0.188. The Morgan fingerprint density at radius 2 is 2.08 bits per heavy atom. The Morgan fingerprint density at radius 3 is 2.75 bits per heavy atom. The average Bonchev–Trinajstić information content (AvgIpc) is 3.19. The summed E-state index contributed by atoms with van der Waals surface area (Å²) in [7, 11) is 3.41. The van der Waals surface area contributed by atoms with Gasteiger partial charge >= 0.3 is 0 Å². The van der Waals surface area contributed by atoms with Crippen molar-refractivity contribution in [2.45, 2.75) is 6.54 Å². The molecule has 0 saturated heterocycles. The van der Waals surface area contributed by atoms with Gasteiger partial charge in [-0.1, -0.05) is 6.07 Å². The minimum Gasteiger partial charge on any atom is -0.337 e. The number of carbonyl (C=O) groups is 1. The summed E-state index contributed by atoms with van der Waals surface area (Å²) < 4.78 is 27.9. The molecule has 0 aliphatic carbocycles. The van der Waals surface area contributed by atoms with Crippen molar-refractivity contribution in [2.75, 3.05) is 7.05 Å². The van der Waals surface area contributed by atoms with Gasteiger partial charge in [-0.3, -0.25) is 9.48 Å². The van der Waals surface area contributed by atoms with E-state index in [9.17, 15) is 13.6 Å². The first kappa shape index (κ1) is 16.3. The molecule has 0 unspecified atom stereocenters. The van der Waals surface area contributed by atoms with Crippen LogP contribution >= 0.6 is 11.3 Å². The van der Waals surface area contributed by atoms with E-state index in [0.717, 1.165) is 17.7 Å². The Labute approximate surface area is 141 Å². The molecule has 2 aromatic heterocycles. The largest absolute Gasteiger partial charge is 0.337 e. The fourth-order valence-corrected chi connectivity index (χ4v) is 3.10. The topological polar surface area (TPSA) is 51.0 Å². The van der Waals surface area contributed by atoms with Crippen LogP contribution in [-0.2, 0) is 13.6 Å². The molecule has 124 valence electrons. The number of benzene rings is 1. The van der Waals surface area contributed by atoms with E-state index < -0.39 is 11.6 Å². The first-order chi connectivity index (χ1) is 11.4. The Kier molecular flexibility index (Phi) is 4.39. The van der Waals surface area contributed by atoms with Crippen molar-refractivity contribution in [3.8, 4) is 10.6 Å². The molecule has 24 heavy (non-hydrogen) atoms. The molecule has 0 saturated carbocycles. The van der Waals surface area contributed by atoms with Crippen LogP contribution in [0.15, 0.2) is 36.8 Å². The van der Waals surface area contributed by atoms with E-state index in [4.69, 9.17) is 0 Å². The number of amides is 1. The zero-order valence-electron chi connectivity index (χ0n) is 13.0. The average molecular weight is 348 g/mol. The molecule has 1 amide bonds. The molecule has 5 nitrogen and oxygen atoms in total. The Bertz CT molecular complexity index is 890. The van der Waals surface area contributed by atoms with E-state index in [1.807, 2.05) is 6.20 Å². The molecule has 0 spiro atoms. The molecule has 3 aromatic rings. The number of rotatable bonds is 4. The third kappa shape index (κ3) is 3.33. The molecule has 8 heteroatoms. The van der Waals surface area contributed by atoms with Gasteiger partial charge in [-0.05, 0) is 17.7 Å². The molecular formula is C16H14F2N4OS. The van der Waals surface area contributed by atoms with E-state index in [-0.39, 0.29) is 12.5 Å². The number of hydrogen-bond acceptors (Lipinski definition) is 4. The molecule has 0 atom stereocenters. The van der Waals surface area contributed by atoms with Crippen molar-refractivity contribution in [3.63, 3.8) is 0 Å². The second kappa shape index (κ2) is 6.48. The summed E-state index contributed by atoms with van der Waals surface area (Å²) in [6.45, 7) is 0.177. The number of nitrogens with zero attached hydrogens (tertiary/aromatic N) is 4. The summed E-state index contributed by atoms with van der Waals surface area (Å²) in [5.74, 6) is -2.06. The highest BCUT2D eigenvalue weighted by Crippen LogP contribution is 2.25. The lowest BCUT2D eigenvalue weighted by molar-refractivity contribution is 0.0789. The van der Waals surface area contributed by atoms with E-state index in [0.29, 0.717) is 15.4 Å². The summed E-state index contributed by atoms with van der Waals surface area (Å²) in [6, 6.07) is 3.60. The van der Waals surface area contributed by atoms with E-state index in [1.54, 1.807) is 25.0 Å². The first-order valence-corrected chi connectivity index (χ1v) is 7.90. The van der Waals surface area contributed by atoms with E-state index in [1.165, 1.54) is 28.5 Å². The standard InChI is InChI=1S/C16H14F2N4OS/c1-21(8-10-3-4-12(17)13(18)5-10)16(23)14-7-19-15(24-14)11-6-20-22(2)9-11/h3-7,9H,8H2,1-2H3. The number of aromatic nitrogens is 3. The minimum atomic E-state index is -0.926. The van der Waals surface area contributed by atoms with Gasteiger partial charge in [-0.2, -0.15) is 5.10 Å². The van der Waals surface area contributed by atoms with Crippen LogP contribution in [-0.4, -0.2) is 32.6 Å². The van der Waals surface area contributed by atoms with Gasteiger partial charge in [0.05, 0.1) is 12.4 Å². The van der Waals surface area contributed by atoms with E-state index >= 15 is 0 Å². The number of thiazole rings is 1. The number of halogens is 2. The summed E-state index contributed by atoms with van der Waals surface area (Å²) >= 11 is 1.26. The summed E-state index contributed by atoms with van der Waals surface area (Å²) in [5, 5.41) is 4.78. The van der Waals surface area contributed by atoms with Gasteiger partial charge in [-0.25, -0.2) is 13.8 Å². The quantitative estimate of drug-likeness (QED) is 0.728. The van der Waals surface area contributed by atoms with Crippen LogP contribution < -0.4 is 0 Å². The molecule has 0 bridgehead atoms. The SMILES string of the molecule is CN(Cc1ccc(F)c(F)c1)C(=O)c1cnc(-c2cnn(C)c2)s1. The van der Waals surface area contributed by atoms with Crippen LogP contribution in [0.25, 0.3) is 10.6 Å². The Balaban J connectivity index is 1.73. The van der Waals surface area contributed by atoms with Crippen LogP contribution in [0.5, 0.6) is 0 Å². The summed E-state index contributed by atoms with van der Waals surface area (Å²) in [4.78, 5) is 18.6. The van der Waals surface area contributed by atoms with Crippen LogP contribution in [0.3, 0.4) is 0 Å². The zero-order valence-corrected chi connectivity index (χ0v) is 13.8. The van der Waals surface area contributed by atoms with Gasteiger partial charge in [0, 0.05) is 32.4 Å². The van der Waals surface area contributed by atoms with Crippen LogP contribution in [0.2, 0.25) is 0 Å². The smallest absolute Gasteiger partial charge is 0.265 e. The highest BCUT2D eigenvalue weighted by molar-refractivity contribution is 7.16. The van der Waals surface area contributed by atoms with Crippen molar-refractivity contribution in [2.24, 2.45) is 7.05 Å². The minimum absolute atomic E-state index is 0.177. The van der Waals surface area contributed by atoms with Gasteiger partial charge < -0.3 is 4.90 Å². The van der Waals surface area contributed by atoms with Crippen LogP contribution in [0.4, 0.5) is 8.78 Å². The Hall–Kier alpha value is -2.61. The molecule has 0 aliphatic heterocycles. The maximum atomic E-state index is 13.3. The normalized spacial score (nSPS) is 10.8. The number of carbonyl (C=O) groups excluding carboxylic acids is 1. The fourth-order valence-electron chi connectivity index (χ4n) is 2.21. The van der Waals surface area contributed by atoms with Gasteiger partial charge in [0.2, 0.25) is 0 Å². The lowest BCUT2D eigenvalue weighted by Gasteiger charge is -2.16. The molecule has 0 radical (unpaired) electrons. The van der Waals surface area contributed by atoms with Crippen molar-refractivity contribution in [1.29, 1.82) is 0 Å². The third-order valence-electron chi connectivity index (χ3n) is 3.42. The second-order valence-electron chi connectivity index (χ2n) is 5.34. The van der Waals surface area contributed by atoms with Gasteiger partial charge in [0.15, 0.2) is 11.6 Å². The molecule has 1 aromatic carbocycles. The number of aryl methyl sites for hydroxylation is 1. The van der Waals surface area contributed by atoms with Crippen LogP contribution in [0.1, 0.15) is 15.2 Å². The highest BCUT2D eigenvalue weighted by atomic mass is 32.1. The first-order valence-electron chi connectivity index (χ1n) is 7.08. The predicted molar refractivity (Wildman–Crippen MR) is 86.5 cm³/mol. The predicted octanol–water partition coefficient (Wildman–Crippen LogP) is 3.09. The van der Waals surface area contributed by atoms with Crippen molar-refractivity contribution in [1.82, 2.24) is 19.7 Å². The molecule has 0 N–H and O–H groups in total. The summed E-state index contributed by atoms with van der Waals surface area (Å²) in [5.41, 5.74) is 1.35. The van der Waals surface area contributed by atoms with Gasteiger partial charge in [0.1, 0.15) is 9.88 Å². The van der Waals surface area contributed by atoms with Crippen molar-refractivity contribution < 1.29 is 13.6 Å². The maximum absolute atomic E-state index is 13.3. The molecule has 0 fully saturated rings. The van der Waals surface area contributed by atoms with E-state index in [2.05, 4.69) is 10.1 Å². The monoisotopic (exact) mass is 348 g/mol. The maximum Gasteiger partial charge on any atom is 0.265 e. The van der Waals surface area contributed by atoms with Gasteiger partial charge in [0.25, 0.3) is 5.91 Å². The zero-order chi connectivity index (χ0) is 17.3. The lowest BCUT2D eigenvalue weighted by Crippen LogP contribution is -2.25. The molecular weight excluding hydrogens is 334 g/mol. The second-order valence-corrected chi connectivity index (χ2v) is 6.37.